The molecule has 0 unspecified atom stereocenters. The first-order chi connectivity index (χ1) is 6.72. The zero-order valence-electron chi connectivity index (χ0n) is 7.37. The number of hydrogen-bond acceptors (Lipinski definition) is 3. The van der Waals surface area contributed by atoms with E-state index in [4.69, 9.17) is 4.74 Å². The molecular weight excluding hydrogens is 248 g/mol. The Morgan fingerprint density at radius 3 is 3.00 bits per heavy atom. The Morgan fingerprint density at radius 1 is 1.50 bits per heavy atom. The van der Waals surface area contributed by atoms with Crippen molar-refractivity contribution in [1.29, 1.82) is 0 Å². The van der Waals surface area contributed by atoms with Gasteiger partial charge in [0.25, 0.3) is 0 Å². The van der Waals surface area contributed by atoms with Crippen LogP contribution in [0.1, 0.15) is 0 Å². The number of nitrogens with one attached hydrogen (secondary N) is 1. The third kappa shape index (κ3) is 1.39. The fourth-order valence-corrected chi connectivity index (χ4v) is 1.67. The predicted octanol–water partition coefficient (Wildman–Crippen LogP) is 1.69. The zero-order valence-corrected chi connectivity index (χ0v) is 8.96. The molecule has 0 aliphatic heterocycles. The molecule has 2 heterocycles. The van der Waals surface area contributed by atoms with Gasteiger partial charge in [0.2, 0.25) is 11.4 Å². The van der Waals surface area contributed by atoms with Crippen LogP contribution in [-0.2, 0) is 0 Å². The summed E-state index contributed by atoms with van der Waals surface area (Å²) in [5, 5.41) is 0.779. The lowest BCUT2D eigenvalue weighted by molar-refractivity contribution is 0.403. The Hall–Kier alpha value is -1.36. The molecule has 14 heavy (non-hydrogen) atoms. The van der Waals surface area contributed by atoms with Gasteiger partial charge in [-0.05, 0) is 22.0 Å². The van der Waals surface area contributed by atoms with Crippen LogP contribution < -0.4 is 10.3 Å². The van der Waals surface area contributed by atoms with Gasteiger partial charge in [0, 0.05) is 12.3 Å². The molecule has 0 aliphatic carbocycles. The molecule has 4 nitrogen and oxygen atoms in total. The lowest BCUT2D eigenvalue weighted by atomic mass is 10.2. The van der Waals surface area contributed by atoms with E-state index in [1.165, 1.54) is 6.07 Å². The molecule has 0 saturated heterocycles. The average Bonchev–Trinajstić information content (AvgIpc) is 2.19. The number of H-pyrrole nitrogens is 1. The Bertz CT molecular complexity index is 536. The highest BCUT2D eigenvalue weighted by Crippen LogP contribution is 2.26. The Morgan fingerprint density at radius 2 is 2.29 bits per heavy atom. The minimum Gasteiger partial charge on any atom is -0.481 e. The minimum absolute atomic E-state index is 0.147. The van der Waals surface area contributed by atoms with Crippen molar-refractivity contribution in [1.82, 2.24) is 9.97 Å². The van der Waals surface area contributed by atoms with E-state index in [1.54, 1.807) is 19.4 Å². The van der Waals surface area contributed by atoms with Gasteiger partial charge in [-0.2, -0.15) is 0 Å². The molecule has 0 spiro atoms. The van der Waals surface area contributed by atoms with Crippen molar-refractivity contribution in [2.24, 2.45) is 0 Å². The molecule has 0 fully saturated rings. The monoisotopic (exact) mass is 254 g/mol. The van der Waals surface area contributed by atoms with Crippen LogP contribution in [-0.4, -0.2) is 17.1 Å². The Labute approximate surface area is 88.1 Å². The number of fused-ring (bicyclic) bond motifs is 1. The van der Waals surface area contributed by atoms with Crippen LogP contribution in [0.25, 0.3) is 10.9 Å². The lowest BCUT2D eigenvalue weighted by Gasteiger charge is -2.04. The maximum Gasteiger partial charge on any atom is 0.248 e. The van der Waals surface area contributed by atoms with Gasteiger partial charge in [-0.1, -0.05) is 0 Å². The molecular formula is C9H7BrN2O2. The summed E-state index contributed by atoms with van der Waals surface area (Å²) in [5.74, 6) is 0.499. The summed E-state index contributed by atoms with van der Waals surface area (Å²) < 4.78 is 5.81. The zero-order chi connectivity index (χ0) is 10.1. The molecule has 2 aromatic rings. The van der Waals surface area contributed by atoms with Gasteiger partial charge in [-0.15, -0.1) is 0 Å². The first-order valence-electron chi connectivity index (χ1n) is 3.94. The van der Waals surface area contributed by atoms with Crippen LogP contribution in [0.3, 0.4) is 0 Å². The number of rotatable bonds is 1. The molecule has 0 aliphatic rings. The van der Waals surface area contributed by atoms with Gasteiger partial charge in [-0.25, -0.2) is 4.98 Å². The highest BCUT2D eigenvalue weighted by atomic mass is 79.9. The average molecular weight is 255 g/mol. The standard InChI is InChI=1S/C9H7BrN2O2/c1-14-9-5-2-3-7(13)12-8(5)6(10)4-11-9/h2-4H,1H3,(H,12,13). The fraction of sp³-hybridized carbons (Fsp3) is 0.111. The summed E-state index contributed by atoms with van der Waals surface area (Å²) in [6.07, 6.45) is 1.59. The van der Waals surface area contributed by atoms with Crippen LogP contribution in [0.5, 0.6) is 5.88 Å². The van der Waals surface area contributed by atoms with E-state index in [0.29, 0.717) is 11.4 Å². The van der Waals surface area contributed by atoms with E-state index in [2.05, 4.69) is 25.9 Å². The molecule has 0 saturated carbocycles. The van der Waals surface area contributed by atoms with Gasteiger partial charge in [-0.3, -0.25) is 4.79 Å². The number of aromatic nitrogens is 2. The molecule has 2 aromatic heterocycles. The number of pyridine rings is 2. The number of ether oxygens (including phenoxy) is 1. The quantitative estimate of drug-likeness (QED) is 0.843. The summed E-state index contributed by atoms with van der Waals surface area (Å²) in [5.41, 5.74) is 0.552. The van der Waals surface area contributed by atoms with Crippen LogP contribution in [0.2, 0.25) is 0 Å². The summed E-state index contributed by atoms with van der Waals surface area (Å²) >= 11 is 3.31. The molecule has 0 atom stereocenters. The van der Waals surface area contributed by atoms with Gasteiger partial charge in [0.05, 0.1) is 22.5 Å². The third-order valence-electron chi connectivity index (χ3n) is 1.88. The molecule has 0 aromatic carbocycles. The van der Waals surface area contributed by atoms with Gasteiger partial charge in [0.1, 0.15) is 0 Å². The van der Waals surface area contributed by atoms with Crippen molar-refractivity contribution in [2.45, 2.75) is 0 Å². The molecule has 1 N–H and O–H groups in total. The fourth-order valence-electron chi connectivity index (χ4n) is 1.25. The number of methoxy groups -OCH3 is 1. The second-order valence-corrected chi connectivity index (χ2v) is 3.58. The van der Waals surface area contributed by atoms with Crippen molar-refractivity contribution < 1.29 is 4.74 Å². The number of nitrogens with zero attached hydrogens (tertiary/aromatic N) is 1. The SMILES string of the molecule is COc1ncc(Br)c2[nH]c(=O)ccc12. The molecule has 2 rings (SSSR count). The second kappa shape index (κ2) is 3.42. The number of aromatic amines is 1. The maximum absolute atomic E-state index is 11.1. The van der Waals surface area contributed by atoms with Gasteiger partial charge < -0.3 is 9.72 Å². The Balaban J connectivity index is 2.91. The molecule has 5 heteroatoms. The lowest BCUT2D eigenvalue weighted by Crippen LogP contribution is -2.04. The maximum atomic E-state index is 11.1. The summed E-state index contributed by atoms with van der Waals surface area (Å²) in [6.45, 7) is 0. The van der Waals surface area contributed by atoms with Crippen molar-refractivity contribution in [2.75, 3.05) is 7.11 Å². The number of halogens is 1. The second-order valence-electron chi connectivity index (χ2n) is 2.73. The molecule has 72 valence electrons. The van der Waals surface area contributed by atoms with Crippen molar-refractivity contribution in [3.8, 4) is 5.88 Å². The summed E-state index contributed by atoms with van der Waals surface area (Å²) in [6, 6.07) is 3.13. The molecule has 0 amide bonds. The molecule has 0 radical (unpaired) electrons. The van der Waals surface area contributed by atoms with Crippen molar-refractivity contribution in [3.63, 3.8) is 0 Å². The molecule has 0 bridgehead atoms. The van der Waals surface area contributed by atoms with E-state index in [0.717, 1.165) is 9.86 Å². The summed E-state index contributed by atoms with van der Waals surface area (Å²) in [4.78, 5) is 17.9. The largest absolute Gasteiger partial charge is 0.481 e. The van der Waals surface area contributed by atoms with E-state index >= 15 is 0 Å². The third-order valence-corrected chi connectivity index (χ3v) is 2.48. The Kier molecular flexibility index (Phi) is 2.25. The van der Waals surface area contributed by atoms with Crippen LogP contribution >= 0.6 is 15.9 Å². The van der Waals surface area contributed by atoms with E-state index in [9.17, 15) is 4.79 Å². The van der Waals surface area contributed by atoms with Gasteiger partial charge in [0.15, 0.2) is 0 Å². The topological polar surface area (TPSA) is 55.0 Å². The van der Waals surface area contributed by atoms with E-state index in [1.807, 2.05) is 0 Å². The number of hydrogen-bond donors (Lipinski definition) is 1. The highest BCUT2D eigenvalue weighted by Gasteiger charge is 2.06. The van der Waals surface area contributed by atoms with Crippen LogP contribution in [0.4, 0.5) is 0 Å². The van der Waals surface area contributed by atoms with Gasteiger partial charge >= 0.3 is 0 Å². The van der Waals surface area contributed by atoms with Crippen LogP contribution in [0, 0.1) is 0 Å². The highest BCUT2D eigenvalue weighted by molar-refractivity contribution is 9.10. The van der Waals surface area contributed by atoms with E-state index < -0.39 is 0 Å². The minimum atomic E-state index is -0.147. The normalized spacial score (nSPS) is 10.4. The van der Waals surface area contributed by atoms with Crippen LogP contribution in [0.15, 0.2) is 27.6 Å². The smallest absolute Gasteiger partial charge is 0.248 e. The van der Waals surface area contributed by atoms with Crippen molar-refractivity contribution in [3.05, 3.63) is 33.2 Å². The first-order valence-corrected chi connectivity index (χ1v) is 4.73. The summed E-state index contributed by atoms with van der Waals surface area (Å²) in [7, 11) is 1.54. The predicted molar refractivity (Wildman–Crippen MR) is 56.6 cm³/mol. The van der Waals surface area contributed by atoms with Crippen molar-refractivity contribution >= 4 is 26.8 Å². The van der Waals surface area contributed by atoms with E-state index in [-0.39, 0.29) is 5.56 Å². The first kappa shape index (κ1) is 9.21.